The van der Waals surface area contributed by atoms with E-state index in [4.69, 9.17) is 0 Å². The Kier molecular flexibility index (Phi) is 6.40. The van der Waals surface area contributed by atoms with Crippen molar-refractivity contribution in [1.29, 1.82) is 0 Å². The number of hydrogen-bond donors (Lipinski definition) is 2. The first kappa shape index (κ1) is 19.3. The zero-order valence-corrected chi connectivity index (χ0v) is 15.8. The lowest BCUT2D eigenvalue weighted by Gasteiger charge is -2.17. The molecule has 0 aliphatic carbocycles. The van der Waals surface area contributed by atoms with Crippen LogP contribution in [-0.2, 0) is 22.8 Å². The highest BCUT2D eigenvalue weighted by molar-refractivity contribution is 7.91. The highest BCUT2D eigenvalue weighted by atomic mass is 32.2. The molecule has 0 saturated carbocycles. The van der Waals surface area contributed by atoms with Crippen LogP contribution in [0.1, 0.15) is 11.1 Å². The number of sulfone groups is 1. The molecule has 0 radical (unpaired) electrons. The van der Waals surface area contributed by atoms with Crippen LogP contribution < -0.4 is 5.32 Å². The fraction of sp³-hybridized carbons (Fsp3) is 0.182. The minimum Gasteiger partial charge on any atom is -0.395 e. The molecule has 0 saturated heterocycles. The van der Waals surface area contributed by atoms with Gasteiger partial charge in [0, 0.05) is 12.6 Å². The molecule has 4 nitrogen and oxygen atoms in total. The number of aliphatic hydroxyl groups is 1. The topological polar surface area (TPSA) is 66.4 Å². The first-order chi connectivity index (χ1) is 13.1. The summed E-state index contributed by atoms with van der Waals surface area (Å²) in [6, 6.07) is 25.2. The maximum Gasteiger partial charge on any atom is 0.206 e. The molecule has 0 aliphatic rings. The van der Waals surface area contributed by atoms with Crippen molar-refractivity contribution in [3.8, 4) is 0 Å². The normalized spacial score (nSPS) is 12.6. The van der Waals surface area contributed by atoms with E-state index in [0.29, 0.717) is 13.0 Å². The van der Waals surface area contributed by atoms with E-state index >= 15 is 0 Å². The average molecular weight is 381 g/mol. The molecule has 27 heavy (non-hydrogen) atoms. The first-order valence-corrected chi connectivity index (χ1v) is 10.3. The largest absolute Gasteiger partial charge is 0.395 e. The standard InChI is InChI=1S/C22H23NO3S/c24-17-20(23-16-19-7-3-1-4-8-19)15-18-11-13-22(14-12-18)27(25,26)21-9-5-2-6-10-21/h1-14,20,23-24H,15-17H2/t20-/m0/s1. The molecule has 3 rings (SSSR count). The highest BCUT2D eigenvalue weighted by Gasteiger charge is 2.17. The molecule has 0 fully saturated rings. The van der Waals surface area contributed by atoms with Crippen LogP contribution in [-0.4, -0.2) is 26.2 Å². The van der Waals surface area contributed by atoms with Crippen LogP contribution in [0.15, 0.2) is 94.7 Å². The Morgan fingerprint density at radius 3 is 1.89 bits per heavy atom. The zero-order valence-electron chi connectivity index (χ0n) is 15.0. The van der Waals surface area contributed by atoms with Gasteiger partial charge in [0.1, 0.15) is 0 Å². The van der Waals surface area contributed by atoms with Gasteiger partial charge in [-0.1, -0.05) is 60.7 Å². The third-order valence-corrected chi connectivity index (χ3v) is 6.21. The Bertz CT molecular complexity index is 940. The predicted octanol–water partition coefficient (Wildman–Crippen LogP) is 3.21. The van der Waals surface area contributed by atoms with E-state index in [9.17, 15) is 13.5 Å². The van der Waals surface area contributed by atoms with Crippen LogP contribution in [0.2, 0.25) is 0 Å². The second-order valence-corrected chi connectivity index (χ2v) is 8.36. The molecule has 0 aliphatic heterocycles. The zero-order chi connectivity index (χ0) is 19.1. The summed E-state index contributed by atoms with van der Waals surface area (Å²) in [7, 11) is -3.50. The van der Waals surface area contributed by atoms with Gasteiger partial charge in [-0.3, -0.25) is 0 Å². The summed E-state index contributed by atoms with van der Waals surface area (Å²) in [4.78, 5) is 0.561. The van der Waals surface area contributed by atoms with E-state index in [1.165, 1.54) is 0 Å². The lowest BCUT2D eigenvalue weighted by molar-refractivity contribution is 0.241. The van der Waals surface area contributed by atoms with Crippen LogP contribution >= 0.6 is 0 Å². The number of rotatable bonds is 8. The molecule has 3 aromatic rings. The Balaban J connectivity index is 1.66. The van der Waals surface area contributed by atoms with E-state index in [1.807, 2.05) is 42.5 Å². The van der Waals surface area contributed by atoms with E-state index in [1.54, 1.807) is 42.5 Å². The van der Waals surface area contributed by atoms with Crippen molar-refractivity contribution < 1.29 is 13.5 Å². The summed E-state index contributed by atoms with van der Waals surface area (Å²) in [5, 5.41) is 13.0. The number of aliphatic hydroxyl groups excluding tert-OH is 1. The summed E-state index contributed by atoms with van der Waals surface area (Å²) in [6.07, 6.45) is 0.620. The van der Waals surface area contributed by atoms with Crippen molar-refractivity contribution >= 4 is 9.84 Å². The molecule has 0 heterocycles. The summed E-state index contributed by atoms with van der Waals surface area (Å²) in [5.74, 6) is 0. The first-order valence-electron chi connectivity index (χ1n) is 8.87. The van der Waals surface area contributed by atoms with Gasteiger partial charge in [-0.05, 0) is 41.8 Å². The Morgan fingerprint density at radius 2 is 1.30 bits per heavy atom. The van der Waals surface area contributed by atoms with Gasteiger partial charge in [0.05, 0.1) is 16.4 Å². The minimum atomic E-state index is -3.50. The number of hydrogen-bond acceptors (Lipinski definition) is 4. The van der Waals surface area contributed by atoms with Crippen LogP contribution in [0, 0.1) is 0 Å². The van der Waals surface area contributed by atoms with Gasteiger partial charge in [-0.2, -0.15) is 0 Å². The smallest absolute Gasteiger partial charge is 0.206 e. The second kappa shape index (κ2) is 8.95. The Hall–Kier alpha value is -2.47. The van der Waals surface area contributed by atoms with E-state index in [2.05, 4.69) is 5.32 Å². The van der Waals surface area contributed by atoms with Gasteiger partial charge in [-0.25, -0.2) is 8.42 Å². The van der Waals surface area contributed by atoms with Gasteiger partial charge in [-0.15, -0.1) is 0 Å². The van der Waals surface area contributed by atoms with Crippen LogP contribution in [0.25, 0.3) is 0 Å². The molecule has 2 N–H and O–H groups in total. The quantitative estimate of drug-likeness (QED) is 0.629. The number of benzene rings is 3. The van der Waals surface area contributed by atoms with Crippen LogP contribution in [0.4, 0.5) is 0 Å². The minimum absolute atomic E-state index is 0.0108. The maximum absolute atomic E-state index is 12.6. The van der Waals surface area contributed by atoms with Crippen molar-refractivity contribution in [2.24, 2.45) is 0 Å². The van der Waals surface area contributed by atoms with Crippen LogP contribution in [0.3, 0.4) is 0 Å². The van der Waals surface area contributed by atoms with Gasteiger partial charge >= 0.3 is 0 Å². The van der Waals surface area contributed by atoms with Gasteiger partial charge in [0.25, 0.3) is 0 Å². The fourth-order valence-corrected chi connectivity index (χ4v) is 4.17. The molecule has 0 aromatic heterocycles. The van der Waals surface area contributed by atoms with Gasteiger partial charge in [0.2, 0.25) is 9.84 Å². The molecule has 0 amide bonds. The van der Waals surface area contributed by atoms with Crippen molar-refractivity contribution in [2.75, 3.05) is 6.61 Å². The Labute approximate surface area is 160 Å². The summed E-state index contributed by atoms with van der Waals surface area (Å²) >= 11 is 0. The van der Waals surface area contributed by atoms with Crippen molar-refractivity contribution in [2.45, 2.75) is 28.8 Å². The molecule has 3 aromatic carbocycles. The van der Waals surface area contributed by atoms with E-state index in [0.717, 1.165) is 11.1 Å². The molecule has 1 atom stereocenters. The third kappa shape index (κ3) is 5.04. The monoisotopic (exact) mass is 381 g/mol. The third-order valence-electron chi connectivity index (χ3n) is 4.43. The molecule has 0 unspecified atom stereocenters. The predicted molar refractivity (Wildman–Crippen MR) is 106 cm³/mol. The molecule has 0 spiro atoms. The summed E-state index contributed by atoms with van der Waals surface area (Å²) < 4.78 is 25.3. The lowest BCUT2D eigenvalue weighted by Crippen LogP contribution is -2.34. The van der Waals surface area contributed by atoms with Crippen molar-refractivity contribution in [3.63, 3.8) is 0 Å². The van der Waals surface area contributed by atoms with Crippen molar-refractivity contribution in [1.82, 2.24) is 5.32 Å². The summed E-state index contributed by atoms with van der Waals surface area (Å²) in [6.45, 7) is 0.684. The number of nitrogens with one attached hydrogen (secondary N) is 1. The fourth-order valence-electron chi connectivity index (χ4n) is 2.88. The van der Waals surface area contributed by atoms with Crippen molar-refractivity contribution in [3.05, 3.63) is 96.1 Å². The second-order valence-electron chi connectivity index (χ2n) is 6.41. The molecule has 0 bridgehead atoms. The lowest BCUT2D eigenvalue weighted by atomic mass is 10.1. The average Bonchev–Trinajstić information content (AvgIpc) is 2.73. The Morgan fingerprint density at radius 1 is 0.741 bits per heavy atom. The molecular formula is C22H23NO3S. The maximum atomic E-state index is 12.6. The van der Waals surface area contributed by atoms with Crippen LogP contribution in [0.5, 0.6) is 0 Å². The molecule has 140 valence electrons. The molecule has 5 heteroatoms. The van der Waals surface area contributed by atoms with E-state index in [-0.39, 0.29) is 22.4 Å². The van der Waals surface area contributed by atoms with Gasteiger partial charge in [0.15, 0.2) is 0 Å². The SMILES string of the molecule is O=S(=O)(c1ccccc1)c1ccc(C[C@@H](CO)NCc2ccccc2)cc1. The summed E-state index contributed by atoms with van der Waals surface area (Å²) in [5.41, 5.74) is 2.13. The van der Waals surface area contributed by atoms with E-state index < -0.39 is 9.84 Å². The molecular weight excluding hydrogens is 358 g/mol. The van der Waals surface area contributed by atoms with Gasteiger partial charge < -0.3 is 10.4 Å². The highest BCUT2D eigenvalue weighted by Crippen LogP contribution is 2.21.